The molecule has 0 saturated heterocycles. The van der Waals surface area contributed by atoms with E-state index in [1.165, 1.54) is 30.1 Å². The molecule has 0 N–H and O–H groups in total. The summed E-state index contributed by atoms with van der Waals surface area (Å²) >= 11 is 1.42. The Bertz CT molecular complexity index is 71.0. The van der Waals surface area contributed by atoms with E-state index in [0.717, 1.165) is 0 Å². The monoisotopic (exact) mass is 252 g/mol. The maximum absolute atomic E-state index is 12.2. The summed E-state index contributed by atoms with van der Waals surface area (Å²) in [5.74, 6) is -2.85. The number of rotatable bonds is 4. The van der Waals surface area contributed by atoms with Crippen molar-refractivity contribution >= 4 is 23.0 Å². The quantitative estimate of drug-likeness (QED) is 0.708. The van der Waals surface area contributed by atoms with Crippen molar-refractivity contribution in [3.05, 3.63) is 0 Å². The van der Waals surface area contributed by atoms with Crippen LogP contribution in [0.3, 0.4) is 0 Å². The first-order valence-electron chi connectivity index (χ1n) is 2.22. The highest BCUT2D eigenvalue weighted by Crippen LogP contribution is 2.14. The standard InChI is InChI=1S/C4H7F2IO2/c1-8-2-4(5,6)3-9-7/h2-3H2,1H3. The molecule has 0 aliphatic carbocycles. The van der Waals surface area contributed by atoms with Crippen LogP contribution in [-0.4, -0.2) is 26.2 Å². The molecule has 0 bridgehead atoms. The van der Waals surface area contributed by atoms with E-state index in [4.69, 9.17) is 0 Å². The fourth-order valence-corrected chi connectivity index (χ4v) is 0.788. The van der Waals surface area contributed by atoms with Crippen LogP contribution in [0.2, 0.25) is 0 Å². The molecular formula is C4H7F2IO2. The number of alkyl halides is 2. The van der Waals surface area contributed by atoms with Crippen molar-refractivity contribution in [3.63, 3.8) is 0 Å². The van der Waals surface area contributed by atoms with Crippen LogP contribution in [0.15, 0.2) is 0 Å². The van der Waals surface area contributed by atoms with Crippen molar-refractivity contribution in [2.24, 2.45) is 0 Å². The van der Waals surface area contributed by atoms with Crippen LogP contribution in [0.4, 0.5) is 8.78 Å². The second-order valence-corrected chi connectivity index (χ2v) is 2.17. The van der Waals surface area contributed by atoms with Crippen molar-refractivity contribution < 1.29 is 16.6 Å². The average Bonchev–Trinajstić information content (AvgIpc) is 1.64. The summed E-state index contributed by atoms with van der Waals surface area (Å²) in [5.41, 5.74) is 0. The van der Waals surface area contributed by atoms with Gasteiger partial charge in [0, 0.05) is 7.11 Å². The molecule has 0 rings (SSSR count). The largest absolute Gasteiger partial charge is 0.378 e. The van der Waals surface area contributed by atoms with Gasteiger partial charge in [-0.25, -0.2) is 8.78 Å². The minimum Gasteiger partial charge on any atom is -0.378 e. The first-order valence-corrected chi connectivity index (χ1v) is 3.11. The SMILES string of the molecule is COCC(F)(F)COI. The third-order valence-corrected chi connectivity index (χ3v) is 0.933. The Balaban J connectivity index is 3.43. The molecule has 0 saturated carbocycles. The number of halogens is 3. The molecule has 0 aromatic rings. The van der Waals surface area contributed by atoms with E-state index in [1.807, 2.05) is 0 Å². The first-order chi connectivity index (χ1) is 4.12. The zero-order valence-electron chi connectivity index (χ0n) is 4.86. The highest BCUT2D eigenvalue weighted by molar-refractivity contribution is 14.1. The molecule has 0 fully saturated rings. The Morgan fingerprint density at radius 3 is 2.33 bits per heavy atom. The fourth-order valence-electron chi connectivity index (χ4n) is 0.333. The van der Waals surface area contributed by atoms with Crippen molar-refractivity contribution in [3.8, 4) is 0 Å². The van der Waals surface area contributed by atoms with Gasteiger partial charge in [0.15, 0.2) is 0 Å². The van der Waals surface area contributed by atoms with Crippen molar-refractivity contribution in [2.45, 2.75) is 5.92 Å². The zero-order chi connectivity index (χ0) is 7.33. The third kappa shape index (κ3) is 4.98. The summed E-state index contributed by atoms with van der Waals surface area (Å²) in [6.45, 7) is -1.18. The molecule has 0 aromatic heterocycles. The second-order valence-electron chi connectivity index (χ2n) is 1.54. The lowest BCUT2D eigenvalue weighted by atomic mass is 10.4. The van der Waals surface area contributed by atoms with Crippen LogP contribution in [-0.2, 0) is 7.80 Å². The van der Waals surface area contributed by atoms with Gasteiger partial charge >= 0.3 is 0 Å². The van der Waals surface area contributed by atoms with Gasteiger partial charge < -0.3 is 7.80 Å². The van der Waals surface area contributed by atoms with Crippen LogP contribution >= 0.6 is 23.0 Å². The van der Waals surface area contributed by atoms with Gasteiger partial charge in [0.05, 0.1) is 0 Å². The van der Waals surface area contributed by atoms with Crippen LogP contribution in [0.25, 0.3) is 0 Å². The maximum atomic E-state index is 12.2. The van der Waals surface area contributed by atoms with Gasteiger partial charge in [0.1, 0.15) is 36.2 Å². The first kappa shape index (κ1) is 9.51. The molecule has 0 heterocycles. The molecule has 0 amide bonds. The van der Waals surface area contributed by atoms with Crippen molar-refractivity contribution in [2.75, 3.05) is 20.3 Å². The number of hydrogen-bond donors (Lipinski definition) is 0. The Labute approximate surface area is 66.2 Å². The summed E-state index contributed by atoms with van der Waals surface area (Å²) in [6, 6.07) is 0. The van der Waals surface area contributed by atoms with E-state index in [0.29, 0.717) is 0 Å². The molecule has 5 heteroatoms. The van der Waals surface area contributed by atoms with Crippen LogP contribution in [0.1, 0.15) is 0 Å². The summed E-state index contributed by atoms with van der Waals surface area (Å²) in [4.78, 5) is 0. The molecule has 0 spiro atoms. The number of hydrogen-bond acceptors (Lipinski definition) is 2. The lowest BCUT2D eigenvalue weighted by molar-refractivity contribution is -0.0835. The maximum Gasteiger partial charge on any atom is 0.294 e. The Kier molecular flexibility index (Phi) is 4.59. The molecule has 56 valence electrons. The van der Waals surface area contributed by atoms with Gasteiger partial charge in [-0.3, -0.25) is 0 Å². The molecule has 2 nitrogen and oxygen atoms in total. The van der Waals surface area contributed by atoms with Gasteiger partial charge in [-0.05, 0) is 0 Å². The highest BCUT2D eigenvalue weighted by Gasteiger charge is 2.28. The van der Waals surface area contributed by atoms with E-state index >= 15 is 0 Å². The molecule has 0 unspecified atom stereocenters. The molecule has 0 radical (unpaired) electrons. The van der Waals surface area contributed by atoms with Crippen molar-refractivity contribution in [1.82, 2.24) is 0 Å². The fraction of sp³-hybridized carbons (Fsp3) is 1.00. The van der Waals surface area contributed by atoms with E-state index in [-0.39, 0.29) is 0 Å². The molecule has 0 aliphatic rings. The second kappa shape index (κ2) is 4.35. The minimum atomic E-state index is -2.85. The summed E-state index contributed by atoms with van der Waals surface area (Å²) < 4.78 is 32.8. The lowest BCUT2D eigenvalue weighted by Crippen LogP contribution is -2.27. The Hall–Kier alpha value is 0.510. The van der Waals surface area contributed by atoms with Crippen molar-refractivity contribution in [1.29, 1.82) is 0 Å². The number of methoxy groups -OCH3 is 1. The normalized spacial score (nSPS) is 12.0. The predicted octanol–water partition coefficient (Wildman–Crippen LogP) is 1.63. The minimum absolute atomic E-state index is 0.587. The Morgan fingerprint density at radius 1 is 1.44 bits per heavy atom. The number of ether oxygens (including phenoxy) is 1. The van der Waals surface area contributed by atoms with Crippen LogP contribution in [0.5, 0.6) is 0 Å². The van der Waals surface area contributed by atoms with Gasteiger partial charge in [-0.2, -0.15) is 0 Å². The zero-order valence-corrected chi connectivity index (χ0v) is 7.02. The van der Waals surface area contributed by atoms with E-state index in [9.17, 15) is 8.78 Å². The molecule has 9 heavy (non-hydrogen) atoms. The lowest BCUT2D eigenvalue weighted by Gasteiger charge is -2.11. The van der Waals surface area contributed by atoms with E-state index < -0.39 is 19.1 Å². The molecular weight excluding hydrogens is 245 g/mol. The van der Waals surface area contributed by atoms with Gasteiger partial charge in [0.2, 0.25) is 0 Å². The van der Waals surface area contributed by atoms with E-state index in [2.05, 4.69) is 7.80 Å². The highest BCUT2D eigenvalue weighted by atomic mass is 127. The summed E-state index contributed by atoms with van der Waals surface area (Å²) in [5, 5.41) is 0. The topological polar surface area (TPSA) is 18.5 Å². The van der Waals surface area contributed by atoms with Gasteiger partial charge in [-0.15, -0.1) is 0 Å². The summed E-state index contributed by atoms with van der Waals surface area (Å²) in [7, 11) is 1.22. The van der Waals surface area contributed by atoms with Crippen LogP contribution < -0.4 is 0 Å². The molecule has 0 atom stereocenters. The van der Waals surface area contributed by atoms with Gasteiger partial charge in [0.25, 0.3) is 5.92 Å². The van der Waals surface area contributed by atoms with Gasteiger partial charge in [-0.1, -0.05) is 0 Å². The third-order valence-electron chi connectivity index (χ3n) is 0.621. The Morgan fingerprint density at radius 2 is 2.00 bits per heavy atom. The van der Waals surface area contributed by atoms with E-state index in [1.54, 1.807) is 0 Å². The molecule has 0 aliphatic heterocycles. The average molecular weight is 252 g/mol. The summed E-state index contributed by atoms with van der Waals surface area (Å²) in [6.07, 6.45) is 0. The molecule has 0 aromatic carbocycles. The van der Waals surface area contributed by atoms with Crippen LogP contribution in [0, 0.1) is 0 Å². The predicted molar refractivity (Wildman–Crippen MR) is 36.8 cm³/mol. The smallest absolute Gasteiger partial charge is 0.294 e.